The molecule has 0 saturated carbocycles. The van der Waals surface area contributed by atoms with E-state index in [0.29, 0.717) is 13.0 Å². The fourth-order valence-corrected chi connectivity index (χ4v) is 2.73. The van der Waals surface area contributed by atoms with Crippen LogP contribution in [-0.2, 0) is 6.42 Å². The van der Waals surface area contributed by atoms with E-state index >= 15 is 0 Å². The van der Waals surface area contributed by atoms with Crippen LogP contribution in [0.25, 0.3) is 0 Å². The molecule has 0 unspecified atom stereocenters. The third kappa shape index (κ3) is 3.81. The van der Waals surface area contributed by atoms with E-state index in [2.05, 4.69) is 10.6 Å². The number of fused-ring (bicyclic) bond motifs is 1. The minimum atomic E-state index is -0.324. The van der Waals surface area contributed by atoms with Gasteiger partial charge in [-0.15, -0.1) is 0 Å². The second-order valence-electron chi connectivity index (χ2n) is 5.59. The number of ether oxygens (including phenoxy) is 1. The molecule has 120 valence electrons. The molecule has 0 spiro atoms. The Balaban J connectivity index is 1.56. The molecule has 0 aliphatic carbocycles. The Morgan fingerprint density at radius 1 is 1.17 bits per heavy atom. The molecule has 0 saturated heterocycles. The molecule has 23 heavy (non-hydrogen) atoms. The summed E-state index contributed by atoms with van der Waals surface area (Å²) < 4.78 is 5.55. The Labute approximate surface area is 135 Å². The summed E-state index contributed by atoms with van der Waals surface area (Å²) in [5, 5.41) is 15.2. The Morgan fingerprint density at radius 3 is 2.70 bits per heavy atom. The zero-order valence-corrected chi connectivity index (χ0v) is 12.7. The van der Waals surface area contributed by atoms with Gasteiger partial charge in [0.2, 0.25) is 0 Å². The largest absolute Gasteiger partial charge is 0.491 e. The molecular weight excluding hydrogens is 292 g/mol. The van der Waals surface area contributed by atoms with Crippen LogP contribution in [0.3, 0.4) is 0 Å². The summed E-state index contributed by atoms with van der Waals surface area (Å²) in [5.41, 5.74) is 2.05. The molecule has 1 aliphatic heterocycles. The van der Waals surface area contributed by atoms with Gasteiger partial charge in [-0.25, -0.2) is 4.79 Å². The maximum absolute atomic E-state index is 12.2. The van der Waals surface area contributed by atoms with Gasteiger partial charge in [0.15, 0.2) is 0 Å². The van der Waals surface area contributed by atoms with Crippen LogP contribution >= 0.6 is 0 Å². The van der Waals surface area contributed by atoms with Gasteiger partial charge in [0.1, 0.15) is 12.4 Å². The van der Waals surface area contributed by atoms with Gasteiger partial charge in [0.05, 0.1) is 18.7 Å². The van der Waals surface area contributed by atoms with Crippen molar-refractivity contribution in [2.45, 2.75) is 18.5 Å². The van der Waals surface area contributed by atoms with Crippen LogP contribution in [-0.4, -0.2) is 30.4 Å². The lowest BCUT2D eigenvalue weighted by Gasteiger charge is -2.19. The van der Waals surface area contributed by atoms with Crippen LogP contribution < -0.4 is 15.4 Å². The first kappa shape index (κ1) is 15.4. The first-order valence-electron chi connectivity index (χ1n) is 7.70. The predicted octanol–water partition coefficient (Wildman–Crippen LogP) is 2.02. The molecule has 0 fully saturated rings. The van der Waals surface area contributed by atoms with Gasteiger partial charge in [-0.3, -0.25) is 0 Å². The average molecular weight is 312 g/mol. The highest BCUT2D eigenvalue weighted by atomic mass is 16.5. The Hall–Kier alpha value is -2.53. The van der Waals surface area contributed by atoms with Crippen LogP contribution in [0.1, 0.15) is 17.2 Å². The number of para-hydroxylation sites is 1. The summed E-state index contributed by atoms with van der Waals surface area (Å²) >= 11 is 0. The van der Waals surface area contributed by atoms with E-state index in [1.54, 1.807) is 0 Å². The normalized spacial score (nSPS) is 17.0. The fraction of sp³-hybridized carbons (Fsp3) is 0.278. The van der Waals surface area contributed by atoms with Crippen molar-refractivity contribution >= 4 is 6.03 Å². The molecule has 0 bridgehead atoms. The maximum Gasteiger partial charge on any atom is 0.315 e. The fourth-order valence-electron chi connectivity index (χ4n) is 2.73. The first-order valence-corrected chi connectivity index (χ1v) is 7.70. The van der Waals surface area contributed by atoms with Crippen molar-refractivity contribution in [1.82, 2.24) is 10.6 Å². The van der Waals surface area contributed by atoms with Gasteiger partial charge < -0.3 is 20.5 Å². The summed E-state index contributed by atoms with van der Waals surface area (Å²) in [4.78, 5) is 12.2. The van der Waals surface area contributed by atoms with Gasteiger partial charge in [0.25, 0.3) is 0 Å². The minimum absolute atomic E-state index is 0.111. The molecule has 2 aromatic rings. The smallest absolute Gasteiger partial charge is 0.315 e. The van der Waals surface area contributed by atoms with Crippen LogP contribution in [0.2, 0.25) is 0 Å². The number of benzene rings is 2. The lowest BCUT2D eigenvalue weighted by atomic mass is 10.1. The topological polar surface area (TPSA) is 70.6 Å². The maximum atomic E-state index is 12.2. The Kier molecular flexibility index (Phi) is 4.78. The highest BCUT2D eigenvalue weighted by molar-refractivity contribution is 5.75. The average Bonchev–Trinajstić information content (AvgIpc) is 2.98. The molecule has 0 aromatic heterocycles. The molecule has 1 heterocycles. The van der Waals surface area contributed by atoms with E-state index < -0.39 is 0 Å². The highest BCUT2D eigenvalue weighted by Gasteiger charge is 2.25. The zero-order chi connectivity index (χ0) is 16.1. The molecule has 1 aliphatic rings. The van der Waals surface area contributed by atoms with Crippen molar-refractivity contribution in [2.75, 3.05) is 13.2 Å². The summed E-state index contributed by atoms with van der Waals surface area (Å²) in [6.45, 7) is 0.315. The standard InChI is InChI=1S/C18H20N2O3/c21-11-14(10-13-6-2-1-3-7-13)19-18(22)20-16-12-23-17-9-5-4-8-15(16)17/h1-9,14,16,21H,10-12H2,(H2,19,20,22)/t14-,16+/m0/s1. The number of carbonyl (C=O) groups is 1. The van der Waals surface area contributed by atoms with Crippen molar-refractivity contribution in [3.63, 3.8) is 0 Å². The SMILES string of the molecule is O=C(N[C@H](CO)Cc1ccccc1)N[C@@H]1COc2ccccc21. The van der Waals surface area contributed by atoms with Crippen molar-refractivity contribution in [2.24, 2.45) is 0 Å². The quantitative estimate of drug-likeness (QED) is 0.791. The van der Waals surface area contributed by atoms with Crippen LogP contribution in [0.5, 0.6) is 5.75 Å². The molecule has 5 nitrogen and oxygen atoms in total. The Bertz CT molecular complexity index is 660. The number of carbonyl (C=O) groups excluding carboxylic acids is 1. The molecule has 3 rings (SSSR count). The predicted molar refractivity (Wildman–Crippen MR) is 87.4 cm³/mol. The van der Waals surface area contributed by atoms with Gasteiger partial charge >= 0.3 is 6.03 Å². The van der Waals surface area contributed by atoms with Gasteiger partial charge in [-0.1, -0.05) is 48.5 Å². The van der Waals surface area contributed by atoms with Gasteiger partial charge in [-0.2, -0.15) is 0 Å². The number of urea groups is 1. The number of nitrogens with one attached hydrogen (secondary N) is 2. The van der Waals surface area contributed by atoms with E-state index in [-0.39, 0.29) is 24.7 Å². The lowest BCUT2D eigenvalue weighted by molar-refractivity contribution is 0.210. The van der Waals surface area contributed by atoms with Gasteiger partial charge in [0, 0.05) is 5.56 Å². The molecular formula is C18H20N2O3. The molecule has 5 heteroatoms. The van der Waals surface area contributed by atoms with Crippen molar-refractivity contribution in [1.29, 1.82) is 0 Å². The molecule has 0 radical (unpaired) electrons. The Morgan fingerprint density at radius 2 is 1.91 bits per heavy atom. The van der Waals surface area contributed by atoms with Crippen molar-refractivity contribution < 1.29 is 14.6 Å². The van der Waals surface area contributed by atoms with E-state index in [1.807, 2.05) is 54.6 Å². The third-order valence-corrected chi connectivity index (χ3v) is 3.89. The minimum Gasteiger partial charge on any atom is -0.491 e. The number of aliphatic hydroxyl groups is 1. The summed E-state index contributed by atoms with van der Waals surface area (Å²) in [6, 6.07) is 16.6. The number of hydrogen-bond acceptors (Lipinski definition) is 3. The highest BCUT2D eigenvalue weighted by Crippen LogP contribution is 2.31. The number of aliphatic hydroxyl groups excluding tert-OH is 1. The monoisotopic (exact) mass is 312 g/mol. The number of hydrogen-bond donors (Lipinski definition) is 3. The van der Waals surface area contributed by atoms with Crippen molar-refractivity contribution in [3.8, 4) is 5.75 Å². The summed E-state index contributed by atoms with van der Waals surface area (Å²) in [5.74, 6) is 0.806. The molecule has 2 aromatic carbocycles. The van der Waals surface area contributed by atoms with E-state index in [1.165, 1.54) is 0 Å². The van der Waals surface area contributed by atoms with Crippen LogP contribution in [0, 0.1) is 0 Å². The van der Waals surface area contributed by atoms with Crippen LogP contribution in [0.4, 0.5) is 4.79 Å². The number of rotatable bonds is 5. The third-order valence-electron chi connectivity index (χ3n) is 3.89. The van der Waals surface area contributed by atoms with E-state index in [0.717, 1.165) is 16.9 Å². The summed E-state index contributed by atoms with van der Waals surface area (Å²) in [7, 11) is 0. The van der Waals surface area contributed by atoms with E-state index in [4.69, 9.17) is 4.74 Å². The molecule has 2 amide bonds. The molecule has 3 N–H and O–H groups in total. The van der Waals surface area contributed by atoms with Crippen molar-refractivity contribution in [3.05, 3.63) is 65.7 Å². The van der Waals surface area contributed by atoms with Crippen LogP contribution in [0.15, 0.2) is 54.6 Å². The number of amides is 2. The van der Waals surface area contributed by atoms with Gasteiger partial charge in [-0.05, 0) is 18.1 Å². The summed E-state index contributed by atoms with van der Waals surface area (Å²) in [6.07, 6.45) is 0.586. The molecule has 2 atom stereocenters. The lowest BCUT2D eigenvalue weighted by Crippen LogP contribution is -2.46. The second-order valence-corrected chi connectivity index (χ2v) is 5.59. The van der Waals surface area contributed by atoms with E-state index in [9.17, 15) is 9.90 Å². The zero-order valence-electron chi connectivity index (χ0n) is 12.7. The second kappa shape index (κ2) is 7.15. The first-order chi connectivity index (χ1) is 11.3.